The summed E-state index contributed by atoms with van der Waals surface area (Å²) >= 11 is 0. The minimum Gasteiger partial charge on any atom is -0.478 e. The normalized spacial score (nSPS) is 20.6. The highest BCUT2D eigenvalue weighted by Gasteiger charge is 2.65. The number of halogens is 5. The quantitative estimate of drug-likeness (QED) is 0.832. The number of carboxylic acids is 1. The number of ether oxygens (including phenoxy) is 1. The first-order valence-corrected chi connectivity index (χ1v) is 6.29. The molecule has 0 spiro atoms. The van der Waals surface area contributed by atoms with E-state index in [2.05, 4.69) is 4.74 Å². The Kier molecular flexibility index (Phi) is 5.16. The summed E-state index contributed by atoms with van der Waals surface area (Å²) in [6, 6.07) is 2.15. The summed E-state index contributed by atoms with van der Waals surface area (Å²) < 4.78 is 68.8. The molecule has 122 valence electrons. The Morgan fingerprint density at radius 2 is 1.68 bits per heavy atom. The molecular formula is C14H13F5O3. The van der Waals surface area contributed by atoms with E-state index in [1.54, 1.807) is 0 Å². The van der Waals surface area contributed by atoms with Crippen LogP contribution in [0.2, 0.25) is 0 Å². The zero-order valence-corrected chi connectivity index (χ0v) is 11.7. The van der Waals surface area contributed by atoms with Gasteiger partial charge >= 0.3 is 17.7 Å². The van der Waals surface area contributed by atoms with Crippen LogP contribution in [-0.2, 0) is 9.53 Å². The second-order valence-electron chi connectivity index (χ2n) is 4.23. The van der Waals surface area contributed by atoms with Crippen molar-refractivity contribution < 1.29 is 36.6 Å². The fourth-order valence-corrected chi connectivity index (χ4v) is 1.85. The van der Waals surface area contributed by atoms with Crippen molar-refractivity contribution >= 4 is 11.5 Å². The van der Waals surface area contributed by atoms with Crippen molar-refractivity contribution in [2.75, 3.05) is 0 Å². The van der Waals surface area contributed by atoms with E-state index in [1.165, 1.54) is 0 Å². The number of alkyl halides is 3. The van der Waals surface area contributed by atoms with Gasteiger partial charge in [-0.05, 0) is 23.3 Å². The average Bonchev–Trinajstić information content (AvgIpc) is 2.86. The van der Waals surface area contributed by atoms with Gasteiger partial charge in [0.15, 0.2) is 0 Å². The monoisotopic (exact) mass is 324 g/mol. The first-order valence-electron chi connectivity index (χ1n) is 6.29. The lowest BCUT2D eigenvalue weighted by molar-refractivity contribution is -0.255. The molecule has 0 saturated carbocycles. The number of aliphatic carboxylic acids is 1. The Hall–Kier alpha value is -2.12. The molecule has 0 fully saturated rings. The molecular weight excluding hydrogens is 311 g/mol. The van der Waals surface area contributed by atoms with Crippen LogP contribution in [0.3, 0.4) is 0 Å². The highest BCUT2D eigenvalue weighted by molar-refractivity contribution is 5.84. The van der Waals surface area contributed by atoms with Crippen LogP contribution in [0, 0.1) is 11.6 Å². The average molecular weight is 324 g/mol. The molecule has 0 amide bonds. The molecule has 3 nitrogen and oxygen atoms in total. The van der Waals surface area contributed by atoms with Crippen molar-refractivity contribution in [1.29, 1.82) is 0 Å². The summed E-state index contributed by atoms with van der Waals surface area (Å²) in [5.41, 5.74) is -3.87. The SMILES string of the molecule is CC.O=C(O)C1(C(F)(F)F)CC(c2cc(F)cc(F)c2)=CO1. The van der Waals surface area contributed by atoms with Crippen molar-refractivity contribution in [3.8, 4) is 0 Å². The largest absolute Gasteiger partial charge is 0.478 e. The van der Waals surface area contributed by atoms with Crippen LogP contribution in [0.15, 0.2) is 24.5 Å². The number of hydrogen-bond acceptors (Lipinski definition) is 2. The molecule has 1 unspecified atom stereocenters. The maximum atomic E-state index is 13.0. The van der Waals surface area contributed by atoms with Crippen LogP contribution < -0.4 is 0 Å². The molecule has 1 aliphatic rings. The minimum absolute atomic E-state index is 0.199. The number of benzene rings is 1. The first kappa shape index (κ1) is 17.9. The Morgan fingerprint density at radius 1 is 1.18 bits per heavy atom. The summed E-state index contributed by atoms with van der Waals surface area (Å²) in [5, 5.41) is 8.75. The zero-order valence-electron chi connectivity index (χ0n) is 11.7. The third kappa shape index (κ3) is 3.20. The molecule has 2 rings (SSSR count). The lowest BCUT2D eigenvalue weighted by Gasteiger charge is -2.26. The van der Waals surface area contributed by atoms with E-state index in [4.69, 9.17) is 5.11 Å². The molecule has 0 radical (unpaired) electrons. The van der Waals surface area contributed by atoms with E-state index in [0.29, 0.717) is 12.3 Å². The van der Waals surface area contributed by atoms with Gasteiger partial charge in [0.05, 0.1) is 6.26 Å². The van der Waals surface area contributed by atoms with Gasteiger partial charge in [0.2, 0.25) is 0 Å². The van der Waals surface area contributed by atoms with E-state index in [9.17, 15) is 26.7 Å². The molecule has 1 atom stereocenters. The van der Waals surface area contributed by atoms with E-state index < -0.39 is 35.8 Å². The summed E-state index contributed by atoms with van der Waals surface area (Å²) in [7, 11) is 0. The molecule has 0 bridgehead atoms. The zero-order chi connectivity index (χ0) is 17.1. The number of rotatable bonds is 2. The van der Waals surface area contributed by atoms with E-state index >= 15 is 0 Å². The molecule has 22 heavy (non-hydrogen) atoms. The van der Waals surface area contributed by atoms with Gasteiger partial charge in [0, 0.05) is 12.5 Å². The molecule has 0 saturated heterocycles. The van der Waals surface area contributed by atoms with E-state index in [1.807, 2.05) is 13.8 Å². The fourth-order valence-electron chi connectivity index (χ4n) is 1.85. The summed E-state index contributed by atoms with van der Waals surface area (Å²) in [5.74, 6) is -4.19. The van der Waals surface area contributed by atoms with Gasteiger partial charge in [-0.15, -0.1) is 0 Å². The molecule has 0 aromatic heterocycles. The van der Waals surface area contributed by atoms with Gasteiger partial charge < -0.3 is 9.84 Å². The third-order valence-corrected chi connectivity index (χ3v) is 2.88. The van der Waals surface area contributed by atoms with Crippen LogP contribution in [0.25, 0.3) is 5.57 Å². The molecule has 1 aromatic rings. The number of carbonyl (C=O) groups is 1. The Balaban J connectivity index is 0.00000116. The van der Waals surface area contributed by atoms with Gasteiger partial charge in [-0.25, -0.2) is 13.6 Å². The molecule has 8 heteroatoms. The van der Waals surface area contributed by atoms with Crippen LogP contribution in [0.1, 0.15) is 25.8 Å². The van der Waals surface area contributed by atoms with Crippen LogP contribution in [0.5, 0.6) is 0 Å². The summed E-state index contributed by atoms with van der Waals surface area (Å²) in [6.45, 7) is 4.00. The second kappa shape index (κ2) is 6.33. The Labute approximate surface area is 123 Å². The van der Waals surface area contributed by atoms with Crippen LogP contribution >= 0.6 is 0 Å². The van der Waals surface area contributed by atoms with Crippen LogP contribution in [-0.4, -0.2) is 22.9 Å². The minimum atomic E-state index is -5.16. The summed E-state index contributed by atoms with van der Waals surface area (Å²) in [6.07, 6.45) is -5.66. The third-order valence-electron chi connectivity index (χ3n) is 2.88. The maximum Gasteiger partial charge on any atom is 0.439 e. The molecule has 1 N–H and O–H groups in total. The highest BCUT2D eigenvalue weighted by Crippen LogP contribution is 2.45. The van der Waals surface area contributed by atoms with Crippen molar-refractivity contribution in [1.82, 2.24) is 0 Å². The van der Waals surface area contributed by atoms with Gasteiger partial charge in [-0.1, -0.05) is 13.8 Å². The lowest BCUT2D eigenvalue weighted by Crippen LogP contribution is -2.51. The molecule has 1 heterocycles. The fraction of sp³-hybridized carbons (Fsp3) is 0.357. The Bertz CT molecular complexity index is 574. The smallest absolute Gasteiger partial charge is 0.439 e. The lowest BCUT2D eigenvalue weighted by atomic mass is 9.92. The molecule has 0 aliphatic carbocycles. The highest BCUT2D eigenvalue weighted by atomic mass is 19.4. The maximum absolute atomic E-state index is 13.0. The molecule has 1 aromatic carbocycles. The van der Waals surface area contributed by atoms with Crippen molar-refractivity contribution in [2.24, 2.45) is 0 Å². The van der Waals surface area contributed by atoms with Gasteiger partial charge in [0.1, 0.15) is 11.6 Å². The predicted molar refractivity (Wildman–Crippen MR) is 67.8 cm³/mol. The van der Waals surface area contributed by atoms with Crippen LogP contribution in [0.4, 0.5) is 22.0 Å². The number of carboxylic acid groups (broad SMARTS) is 1. The van der Waals surface area contributed by atoms with Gasteiger partial charge in [0.25, 0.3) is 0 Å². The predicted octanol–water partition coefficient (Wildman–Crippen LogP) is 4.14. The van der Waals surface area contributed by atoms with E-state index in [-0.39, 0.29) is 11.1 Å². The number of hydrogen-bond donors (Lipinski definition) is 1. The van der Waals surface area contributed by atoms with Crippen molar-refractivity contribution in [3.63, 3.8) is 0 Å². The standard InChI is InChI=1S/C12H7F5O3.C2H6/c13-8-1-6(2-9(14)3-8)7-4-11(10(18)19,20-5-7)12(15,16)17;1-2/h1-3,5H,4H2,(H,18,19);1-2H3. The summed E-state index contributed by atoms with van der Waals surface area (Å²) in [4.78, 5) is 10.9. The molecule has 1 aliphatic heterocycles. The first-order chi connectivity index (χ1) is 10.2. The topological polar surface area (TPSA) is 46.5 Å². The van der Waals surface area contributed by atoms with Crippen molar-refractivity contribution in [2.45, 2.75) is 32.0 Å². The van der Waals surface area contributed by atoms with Gasteiger partial charge in [-0.2, -0.15) is 13.2 Å². The Morgan fingerprint density at radius 3 is 2.05 bits per heavy atom. The van der Waals surface area contributed by atoms with E-state index in [0.717, 1.165) is 12.1 Å². The van der Waals surface area contributed by atoms with Crippen molar-refractivity contribution in [3.05, 3.63) is 41.7 Å². The second-order valence-corrected chi connectivity index (χ2v) is 4.23. The van der Waals surface area contributed by atoms with Gasteiger partial charge in [-0.3, -0.25) is 0 Å².